The van der Waals surface area contributed by atoms with Crippen molar-refractivity contribution in [2.45, 2.75) is 96.0 Å². The van der Waals surface area contributed by atoms with E-state index < -0.39 is 37.3 Å². The molecule has 0 aliphatic rings. The Morgan fingerprint density at radius 3 is 1.48 bits per heavy atom. The first-order valence-corrected chi connectivity index (χ1v) is 23.3. The Morgan fingerprint density at radius 1 is 0.534 bits per heavy atom. The molecule has 0 unspecified atom stereocenters. The Balaban J connectivity index is 0.00000580. The van der Waals surface area contributed by atoms with Gasteiger partial charge in [0.15, 0.2) is 0 Å². The van der Waals surface area contributed by atoms with Crippen LogP contribution >= 0.6 is 0 Å². The van der Waals surface area contributed by atoms with E-state index in [-0.39, 0.29) is 72.0 Å². The summed E-state index contributed by atoms with van der Waals surface area (Å²) in [6.45, 7) is 4.33. The molecule has 0 aliphatic heterocycles. The van der Waals surface area contributed by atoms with Crippen LogP contribution in [0.3, 0.4) is 0 Å². The summed E-state index contributed by atoms with van der Waals surface area (Å²) < 4.78 is 79.9. The monoisotopic (exact) mass is 851 g/mol. The van der Waals surface area contributed by atoms with Crippen LogP contribution in [0.1, 0.15) is 106 Å². The van der Waals surface area contributed by atoms with Gasteiger partial charge in [-0.15, -0.1) is 0 Å². The summed E-state index contributed by atoms with van der Waals surface area (Å²) in [4.78, 5) is 2.04. The van der Waals surface area contributed by atoms with Crippen molar-refractivity contribution in [3.63, 3.8) is 0 Å². The van der Waals surface area contributed by atoms with Crippen LogP contribution in [-0.2, 0) is 37.0 Å². The molecule has 0 spiro atoms. The smallest absolute Gasteiger partial charge is 0.748 e. The molecule has 0 radical (unpaired) electrons. The quantitative estimate of drug-likeness (QED) is 0.0366. The van der Waals surface area contributed by atoms with Gasteiger partial charge in [-0.3, -0.25) is 0 Å². The summed E-state index contributed by atoms with van der Waals surface area (Å²) in [6.07, 6.45) is 12.1. The maximum atomic E-state index is 11.1. The van der Waals surface area contributed by atoms with E-state index in [0.29, 0.717) is 45.6 Å². The van der Waals surface area contributed by atoms with Crippen LogP contribution in [0.4, 0.5) is 5.69 Å². The maximum absolute atomic E-state index is 11.1. The number of unbranched alkanes of at least 4 members (excludes halogenated alkanes) is 9. The number of nitrogens with zero attached hydrogens (tertiary/aromatic N) is 1. The summed E-state index contributed by atoms with van der Waals surface area (Å²) >= 11 is 0. The average Bonchev–Trinajstić information content (AvgIpc) is 3.19. The van der Waals surface area contributed by atoms with E-state index >= 15 is 0 Å². The minimum absolute atomic E-state index is 0. The van der Waals surface area contributed by atoms with Crippen molar-refractivity contribution in [1.82, 2.24) is 0 Å². The fourth-order valence-corrected chi connectivity index (χ4v) is 8.15. The van der Waals surface area contributed by atoms with Crippen molar-refractivity contribution in [2.75, 3.05) is 42.7 Å². The topological polar surface area (TPSA) is 136 Å². The third kappa shape index (κ3) is 18.9. The van der Waals surface area contributed by atoms with E-state index in [1.807, 2.05) is 77.7 Å². The van der Waals surface area contributed by atoms with Gasteiger partial charge in [0, 0.05) is 30.3 Å². The first-order chi connectivity index (χ1) is 27.0. The van der Waals surface area contributed by atoms with Crippen molar-refractivity contribution in [3.05, 3.63) is 131 Å². The molecular weight excluding hydrogens is 793 g/mol. The zero-order chi connectivity index (χ0) is 40.1. The second-order valence-electron chi connectivity index (χ2n) is 14.5. The van der Waals surface area contributed by atoms with E-state index in [2.05, 4.69) is 43.3 Å². The molecule has 58 heavy (non-hydrogen) atoms. The number of ether oxygens (including phenoxy) is 2. The normalized spacial score (nSPS) is 11.7. The molecule has 4 rings (SSSR count). The first kappa shape index (κ1) is 52.4. The van der Waals surface area contributed by atoms with Crippen LogP contribution < -0.4 is 68.8 Å². The number of benzene rings is 4. The molecule has 13 heteroatoms. The van der Waals surface area contributed by atoms with Gasteiger partial charge in [-0.25, -0.2) is 16.8 Å². The maximum Gasteiger partial charge on any atom is 1.00 e. The molecule has 9 nitrogen and oxygen atoms in total. The molecule has 0 bridgehead atoms. The molecule has 0 saturated heterocycles. The van der Waals surface area contributed by atoms with Crippen molar-refractivity contribution in [3.8, 4) is 5.75 Å². The second-order valence-corrected chi connectivity index (χ2v) is 17.5. The molecule has 0 amide bonds. The second kappa shape index (κ2) is 28.0. The summed E-state index contributed by atoms with van der Waals surface area (Å²) in [7, 11) is -8.60. The summed E-state index contributed by atoms with van der Waals surface area (Å²) in [5.41, 5.74) is 4.08. The molecule has 0 aliphatic carbocycles. The third-order valence-electron chi connectivity index (χ3n) is 10.0. The van der Waals surface area contributed by atoms with E-state index in [1.165, 1.54) is 44.9 Å². The molecule has 0 saturated carbocycles. The van der Waals surface area contributed by atoms with Gasteiger partial charge in [-0.1, -0.05) is 137 Å². The Morgan fingerprint density at radius 2 is 1.00 bits per heavy atom. The van der Waals surface area contributed by atoms with Gasteiger partial charge in [0.05, 0.1) is 33.5 Å². The van der Waals surface area contributed by atoms with Gasteiger partial charge < -0.3 is 23.5 Å². The van der Waals surface area contributed by atoms with Crippen LogP contribution in [0, 0.1) is 0 Å². The molecule has 0 aromatic heterocycles. The number of rotatable bonds is 28. The van der Waals surface area contributed by atoms with Crippen LogP contribution in [-0.4, -0.2) is 63.8 Å². The molecule has 0 N–H and O–H groups in total. The number of hydrogen-bond acceptors (Lipinski definition) is 9. The minimum Gasteiger partial charge on any atom is -0.748 e. The van der Waals surface area contributed by atoms with Crippen molar-refractivity contribution in [1.29, 1.82) is 0 Å². The number of anilines is 1. The Labute approximate surface area is 392 Å². The molecule has 306 valence electrons. The Bertz CT molecular complexity index is 1820. The van der Waals surface area contributed by atoms with Gasteiger partial charge in [0.25, 0.3) is 0 Å². The van der Waals surface area contributed by atoms with Crippen molar-refractivity contribution in [2.24, 2.45) is 0 Å². The van der Waals surface area contributed by atoms with Crippen LogP contribution in [0.5, 0.6) is 5.75 Å². The fourth-order valence-electron chi connectivity index (χ4n) is 7.04. The Hall–Kier alpha value is -1.74. The van der Waals surface area contributed by atoms with E-state index in [1.54, 1.807) is 0 Å². The molecular formula is C45H59NNa2O8S2. The van der Waals surface area contributed by atoms with Gasteiger partial charge in [0.1, 0.15) is 11.4 Å². The zero-order valence-electron chi connectivity index (χ0n) is 34.9. The summed E-state index contributed by atoms with van der Waals surface area (Å²) in [5, 5.41) is 0. The SMILES string of the molecule is CCCCCCCCCCOc1ccc(C(OCCc2ccc(N(CCCCS(=O)(=O)[O-])CCCCS(=O)(=O)[O-])cc2)(c2ccccc2)c2ccccc2)cc1.[Na+].[Na+]. The van der Waals surface area contributed by atoms with Crippen LogP contribution in [0.25, 0.3) is 0 Å². The minimum atomic E-state index is -4.30. The average molecular weight is 852 g/mol. The molecule has 4 aromatic rings. The predicted octanol–water partition coefficient (Wildman–Crippen LogP) is 3.22. The zero-order valence-corrected chi connectivity index (χ0v) is 40.5. The molecule has 0 fully saturated rings. The molecule has 0 atom stereocenters. The number of hydrogen-bond donors (Lipinski definition) is 0. The third-order valence-corrected chi connectivity index (χ3v) is 11.6. The van der Waals surface area contributed by atoms with Gasteiger partial charge in [0.2, 0.25) is 0 Å². The molecule has 4 aromatic carbocycles. The predicted molar refractivity (Wildman–Crippen MR) is 223 cm³/mol. The van der Waals surface area contributed by atoms with Crippen LogP contribution in [0.15, 0.2) is 109 Å². The van der Waals surface area contributed by atoms with Gasteiger partial charge >= 0.3 is 59.1 Å². The van der Waals surface area contributed by atoms with Gasteiger partial charge in [-0.2, -0.15) is 0 Å². The van der Waals surface area contributed by atoms with Crippen molar-refractivity contribution < 1.29 is 94.5 Å². The Kier molecular flexibility index (Phi) is 25.3. The summed E-state index contributed by atoms with van der Waals surface area (Å²) in [6, 6.07) is 36.8. The van der Waals surface area contributed by atoms with Gasteiger partial charge in [-0.05, 0) is 85.0 Å². The standard InChI is InChI=1S/C45H61NO8S2.2Na/c1-2-3-4-5-6-7-8-17-35-53-44-30-26-42(27-31-44)45(40-20-11-9-12-21-40,41-22-13-10-14-23-41)54-36-32-39-24-28-43(29-25-39)46(33-15-18-37-55(47,48)49)34-16-19-38-56(50,51)52;;/h9-14,20-31H,2-8,15-19,32-38H2,1H3,(H,47,48,49)(H,50,51,52);;/q;2*+1/p-2. The first-order valence-electron chi connectivity index (χ1n) is 20.2. The van der Waals surface area contributed by atoms with E-state index in [0.717, 1.165) is 40.1 Å². The van der Waals surface area contributed by atoms with E-state index in [4.69, 9.17) is 9.47 Å². The van der Waals surface area contributed by atoms with Crippen LogP contribution in [0.2, 0.25) is 0 Å². The molecule has 0 heterocycles. The van der Waals surface area contributed by atoms with Crippen molar-refractivity contribution >= 4 is 25.9 Å². The summed E-state index contributed by atoms with van der Waals surface area (Å²) in [5.74, 6) is -0.0237. The largest absolute Gasteiger partial charge is 1.00 e. The fraction of sp³-hybridized carbons (Fsp3) is 0.467. The van der Waals surface area contributed by atoms with E-state index in [9.17, 15) is 25.9 Å².